The molecule has 0 bridgehead atoms. The predicted molar refractivity (Wildman–Crippen MR) is 136 cm³/mol. The molecule has 0 nitrogen and oxygen atoms in total. The van der Waals surface area contributed by atoms with Crippen LogP contribution in [0.15, 0.2) is 48.5 Å². The molecule has 0 unspecified atom stereocenters. The summed E-state index contributed by atoms with van der Waals surface area (Å²) in [5, 5.41) is 0. The lowest BCUT2D eigenvalue weighted by atomic mass is 9.77. The molecule has 0 N–H and O–H groups in total. The van der Waals surface area contributed by atoms with Crippen LogP contribution in [0.25, 0.3) is 23.3 Å². The Labute approximate surface area is 205 Å². The quantitative estimate of drug-likeness (QED) is 0.233. The Morgan fingerprint density at radius 3 is 2.09 bits per heavy atom. The van der Waals surface area contributed by atoms with Crippen molar-refractivity contribution in [3.05, 3.63) is 94.1 Å². The molecule has 0 saturated heterocycles. The second-order valence-corrected chi connectivity index (χ2v) is 9.60. The molecule has 1 saturated carbocycles. The average Bonchev–Trinajstić information content (AvgIpc) is 2.88. The normalized spacial score (nSPS) is 18.3. The third-order valence-corrected chi connectivity index (χ3v) is 7.36. The summed E-state index contributed by atoms with van der Waals surface area (Å²) in [5.74, 6) is -2.43. The molecule has 1 aliphatic rings. The van der Waals surface area contributed by atoms with Gasteiger partial charge >= 0.3 is 0 Å². The van der Waals surface area contributed by atoms with E-state index in [4.69, 9.17) is 0 Å². The third-order valence-electron chi connectivity index (χ3n) is 7.36. The topological polar surface area (TPSA) is 0 Å². The second kappa shape index (κ2) is 11.2. The number of hydrogen-bond donors (Lipinski definition) is 0. The monoisotopic (exact) mass is 480 g/mol. The molecule has 0 heterocycles. The highest BCUT2D eigenvalue weighted by molar-refractivity contribution is 5.72. The van der Waals surface area contributed by atoms with Crippen LogP contribution >= 0.6 is 0 Å². The maximum Gasteiger partial charge on any atom is 0.166 e. The molecule has 4 rings (SSSR count). The van der Waals surface area contributed by atoms with Crippen molar-refractivity contribution >= 4 is 12.2 Å². The summed E-state index contributed by atoms with van der Waals surface area (Å²) in [6.45, 7) is 4.10. The van der Waals surface area contributed by atoms with E-state index in [-0.39, 0.29) is 17.0 Å². The van der Waals surface area contributed by atoms with E-state index in [0.717, 1.165) is 44.1 Å². The minimum atomic E-state index is -0.847. The largest absolute Gasteiger partial charge is 0.203 e. The van der Waals surface area contributed by atoms with Crippen molar-refractivity contribution in [3.63, 3.8) is 0 Å². The first-order chi connectivity index (χ1) is 16.9. The van der Waals surface area contributed by atoms with Gasteiger partial charge in [-0.1, -0.05) is 87.4 Å². The lowest BCUT2D eigenvalue weighted by Gasteiger charge is -2.28. The first-order valence-corrected chi connectivity index (χ1v) is 12.7. The van der Waals surface area contributed by atoms with Crippen molar-refractivity contribution in [2.75, 3.05) is 0 Å². The fraction of sp³-hybridized carbons (Fsp3) is 0.355. The highest BCUT2D eigenvalue weighted by atomic mass is 19.2. The van der Waals surface area contributed by atoms with Crippen LogP contribution in [0, 0.1) is 29.2 Å². The summed E-state index contributed by atoms with van der Waals surface area (Å²) >= 11 is 0. The van der Waals surface area contributed by atoms with Crippen molar-refractivity contribution < 1.29 is 17.6 Å². The van der Waals surface area contributed by atoms with Crippen LogP contribution in [0.4, 0.5) is 17.6 Å². The van der Waals surface area contributed by atoms with Gasteiger partial charge < -0.3 is 0 Å². The highest BCUT2D eigenvalue weighted by Crippen LogP contribution is 2.38. The zero-order chi connectivity index (χ0) is 24.9. The minimum Gasteiger partial charge on any atom is -0.203 e. The Morgan fingerprint density at radius 1 is 0.714 bits per heavy atom. The van der Waals surface area contributed by atoms with E-state index >= 15 is 0 Å². The van der Waals surface area contributed by atoms with E-state index in [9.17, 15) is 17.6 Å². The molecule has 35 heavy (non-hydrogen) atoms. The van der Waals surface area contributed by atoms with Crippen LogP contribution in [-0.4, -0.2) is 0 Å². The third kappa shape index (κ3) is 5.52. The van der Waals surface area contributed by atoms with Crippen LogP contribution in [0.5, 0.6) is 0 Å². The summed E-state index contributed by atoms with van der Waals surface area (Å²) < 4.78 is 58.6. The van der Waals surface area contributed by atoms with E-state index in [1.807, 2.05) is 6.92 Å². The Hall–Kier alpha value is -2.88. The first-order valence-electron chi connectivity index (χ1n) is 12.7. The van der Waals surface area contributed by atoms with Gasteiger partial charge in [0.05, 0.1) is 0 Å². The molecule has 184 valence electrons. The van der Waals surface area contributed by atoms with Crippen molar-refractivity contribution in [3.8, 4) is 11.1 Å². The Kier molecular flexibility index (Phi) is 8.10. The number of hydrogen-bond acceptors (Lipinski definition) is 0. The molecular formula is C31H32F4. The van der Waals surface area contributed by atoms with Crippen molar-refractivity contribution in [1.29, 1.82) is 0 Å². The molecule has 4 heteroatoms. The Bertz CT molecular complexity index is 1190. The molecule has 3 aromatic rings. The minimum absolute atomic E-state index is 0.0825. The van der Waals surface area contributed by atoms with Gasteiger partial charge in [0.1, 0.15) is 0 Å². The molecule has 0 atom stereocenters. The molecule has 0 aliphatic heterocycles. The van der Waals surface area contributed by atoms with Gasteiger partial charge in [-0.3, -0.25) is 0 Å². The smallest absolute Gasteiger partial charge is 0.166 e. The van der Waals surface area contributed by atoms with Crippen molar-refractivity contribution in [1.82, 2.24) is 0 Å². The summed E-state index contributed by atoms with van der Waals surface area (Å²) in [6, 6.07) is 13.5. The molecule has 0 spiro atoms. The number of aryl methyl sites for hydroxylation is 1. The van der Waals surface area contributed by atoms with E-state index in [1.54, 1.807) is 60.7 Å². The van der Waals surface area contributed by atoms with Gasteiger partial charge in [-0.05, 0) is 66.2 Å². The van der Waals surface area contributed by atoms with Crippen LogP contribution in [-0.2, 0) is 6.42 Å². The van der Waals surface area contributed by atoms with Gasteiger partial charge in [0.15, 0.2) is 23.3 Å². The fourth-order valence-corrected chi connectivity index (χ4v) is 5.14. The van der Waals surface area contributed by atoms with Gasteiger partial charge in [-0.15, -0.1) is 0 Å². The molecule has 1 aliphatic carbocycles. The van der Waals surface area contributed by atoms with Crippen LogP contribution in [0.2, 0.25) is 0 Å². The van der Waals surface area contributed by atoms with Gasteiger partial charge in [-0.25, -0.2) is 17.6 Å². The van der Waals surface area contributed by atoms with Crippen LogP contribution in [0.1, 0.15) is 80.5 Å². The highest BCUT2D eigenvalue weighted by Gasteiger charge is 2.25. The van der Waals surface area contributed by atoms with E-state index in [2.05, 4.69) is 6.92 Å². The Balaban J connectivity index is 1.49. The number of rotatable bonds is 7. The SMILES string of the molecule is CCCc1ccc(-c2ccc(/C=C/c3ccc(C4CCC(CC)CC4)c(F)c3F)cc2)c(F)c1F. The standard InChI is InChI=1S/C31H32F4/c1-3-5-24-16-18-26(30(34)28(24)32)23-13-8-21(9-14-23)10-15-25-17-19-27(31(35)29(25)33)22-11-6-20(4-2)7-12-22/h8-10,13-20,22H,3-7,11-12H2,1-2H3/b15-10+. The summed E-state index contributed by atoms with van der Waals surface area (Å²) in [4.78, 5) is 0. The van der Waals surface area contributed by atoms with E-state index in [1.165, 1.54) is 0 Å². The van der Waals surface area contributed by atoms with Crippen molar-refractivity contribution in [2.45, 2.75) is 64.7 Å². The average molecular weight is 481 g/mol. The maximum absolute atomic E-state index is 14.9. The molecular weight excluding hydrogens is 448 g/mol. The summed E-state index contributed by atoms with van der Waals surface area (Å²) in [6.07, 6.45) is 9.56. The van der Waals surface area contributed by atoms with Gasteiger partial charge in [0.25, 0.3) is 0 Å². The summed E-state index contributed by atoms with van der Waals surface area (Å²) in [5.41, 5.74) is 2.56. The van der Waals surface area contributed by atoms with Crippen molar-refractivity contribution in [2.24, 2.45) is 5.92 Å². The number of halogens is 4. The van der Waals surface area contributed by atoms with Gasteiger partial charge in [0, 0.05) is 11.1 Å². The molecule has 0 amide bonds. The Morgan fingerprint density at radius 2 is 1.43 bits per heavy atom. The van der Waals surface area contributed by atoms with Crippen LogP contribution in [0.3, 0.4) is 0 Å². The van der Waals surface area contributed by atoms with E-state index < -0.39 is 23.3 Å². The van der Waals surface area contributed by atoms with E-state index in [0.29, 0.717) is 29.0 Å². The zero-order valence-electron chi connectivity index (χ0n) is 20.4. The first kappa shape index (κ1) is 25.2. The number of benzene rings is 3. The predicted octanol–water partition coefficient (Wildman–Crippen LogP) is 9.72. The summed E-state index contributed by atoms with van der Waals surface area (Å²) in [7, 11) is 0. The zero-order valence-corrected chi connectivity index (χ0v) is 20.4. The second-order valence-electron chi connectivity index (χ2n) is 9.60. The lowest BCUT2D eigenvalue weighted by molar-refractivity contribution is 0.312. The fourth-order valence-electron chi connectivity index (χ4n) is 5.14. The molecule has 3 aromatic carbocycles. The van der Waals surface area contributed by atoms with Crippen LogP contribution < -0.4 is 0 Å². The molecule has 0 radical (unpaired) electrons. The van der Waals surface area contributed by atoms with Gasteiger partial charge in [-0.2, -0.15) is 0 Å². The maximum atomic E-state index is 14.9. The molecule has 1 fully saturated rings. The lowest BCUT2D eigenvalue weighted by Crippen LogP contribution is -2.14. The molecule has 0 aromatic heterocycles. The van der Waals surface area contributed by atoms with Gasteiger partial charge in [0.2, 0.25) is 0 Å².